The van der Waals surface area contributed by atoms with Crippen molar-refractivity contribution >= 4 is 12.3 Å². The first-order valence-electron chi connectivity index (χ1n) is 5.59. The highest BCUT2D eigenvalue weighted by molar-refractivity contribution is 5.75. The summed E-state index contributed by atoms with van der Waals surface area (Å²) in [7, 11) is 0. The Morgan fingerprint density at radius 1 is 1.12 bits per heavy atom. The summed E-state index contributed by atoms with van der Waals surface area (Å²) in [6.45, 7) is 6.40. The molecule has 0 amide bonds. The zero-order chi connectivity index (χ0) is 11.6. The molecule has 1 heterocycles. The quantitative estimate of drug-likeness (QED) is 0.616. The van der Waals surface area contributed by atoms with E-state index in [0.717, 1.165) is 0 Å². The van der Waals surface area contributed by atoms with Gasteiger partial charge in [0.2, 0.25) is 0 Å². The summed E-state index contributed by atoms with van der Waals surface area (Å²) >= 11 is 0. The molecular formula is C15H17N. The third-order valence-corrected chi connectivity index (χ3v) is 2.85. The van der Waals surface area contributed by atoms with Crippen molar-refractivity contribution in [3.63, 3.8) is 0 Å². The molecule has 2 rings (SSSR count). The van der Waals surface area contributed by atoms with Crippen molar-refractivity contribution in [2.75, 3.05) is 0 Å². The smallest absolute Gasteiger partial charge is 0.0806 e. The molecule has 1 heteroatoms. The van der Waals surface area contributed by atoms with Gasteiger partial charge in [0.15, 0.2) is 0 Å². The maximum Gasteiger partial charge on any atom is 0.0806 e. The van der Waals surface area contributed by atoms with Crippen LogP contribution in [0.5, 0.6) is 0 Å². The standard InChI is InChI=1S/C15H17N/c1-12-7-6-10-16-15(2,3)14-9-5-4-8-13(14)11-12/h4-11H,1-3H3/b7-6-,12-11+,16-10?. The number of hydrogen-bond donors (Lipinski definition) is 0. The minimum absolute atomic E-state index is 0.165. The average Bonchev–Trinajstić information content (AvgIpc) is 2.29. The first-order valence-corrected chi connectivity index (χ1v) is 5.59. The summed E-state index contributed by atoms with van der Waals surface area (Å²) in [5, 5.41) is 0. The van der Waals surface area contributed by atoms with Gasteiger partial charge in [-0.05, 0) is 38.0 Å². The highest BCUT2D eigenvalue weighted by Crippen LogP contribution is 2.29. The molecule has 0 radical (unpaired) electrons. The van der Waals surface area contributed by atoms with Gasteiger partial charge in [0.25, 0.3) is 0 Å². The third kappa shape index (κ3) is 2.13. The summed E-state index contributed by atoms with van der Waals surface area (Å²) in [4.78, 5) is 4.61. The Labute approximate surface area is 97.2 Å². The van der Waals surface area contributed by atoms with E-state index in [9.17, 15) is 0 Å². The molecule has 1 aliphatic rings. The number of rotatable bonds is 0. The summed E-state index contributed by atoms with van der Waals surface area (Å²) in [6, 6.07) is 8.45. The van der Waals surface area contributed by atoms with Gasteiger partial charge in [0, 0.05) is 6.21 Å². The lowest BCUT2D eigenvalue weighted by atomic mass is 9.90. The van der Waals surface area contributed by atoms with E-state index in [1.807, 2.05) is 12.3 Å². The summed E-state index contributed by atoms with van der Waals surface area (Å²) in [6.07, 6.45) is 8.18. The molecule has 0 aliphatic carbocycles. The molecule has 1 aliphatic heterocycles. The second-order valence-corrected chi connectivity index (χ2v) is 4.67. The van der Waals surface area contributed by atoms with E-state index in [0.29, 0.717) is 0 Å². The molecule has 0 bridgehead atoms. The van der Waals surface area contributed by atoms with Gasteiger partial charge in [-0.2, -0.15) is 0 Å². The second-order valence-electron chi connectivity index (χ2n) is 4.67. The highest BCUT2D eigenvalue weighted by atomic mass is 14.8. The highest BCUT2D eigenvalue weighted by Gasteiger charge is 2.20. The van der Waals surface area contributed by atoms with E-state index < -0.39 is 0 Å². The number of aliphatic imine (C=N–C) groups is 1. The molecule has 0 atom stereocenters. The zero-order valence-corrected chi connectivity index (χ0v) is 10.1. The van der Waals surface area contributed by atoms with Gasteiger partial charge in [0.05, 0.1) is 5.54 Å². The Hall–Kier alpha value is -1.63. The van der Waals surface area contributed by atoms with Crippen LogP contribution in [0, 0.1) is 0 Å². The summed E-state index contributed by atoms with van der Waals surface area (Å²) in [5.74, 6) is 0. The second kappa shape index (κ2) is 4.09. The Morgan fingerprint density at radius 2 is 1.88 bits per heavy atom. The molecule has 0 aromatic heterocycles. The van der Waals surface area contributed by atoms with E-state index >= 15 is 0 Å². The lowest BCUT2D eigenvalue weighted by Gasteiger charge is -2.22. The molecule has 0 saturated heterocycles. The Kier molecular flexibility index (Phi) is 2.78. The first-order chi connectivity index (χ1) is 7.59. The van der Waals surface area contributed by atoms with E-state index in [-0.39, 0.29) is 5.54 Å². The Bertz CT molecular complexity index is 476. The van der Waals surface area contributed by atoms with Crippen LogP contribution in [0.25, 0.3) is 6.08 Å². The number of nitrogens with zero attached hydrogens (tertiary/aromatic N) is 1. The first kappa shape index (κ1) is 10.9. The maximum atomic E-state index is 4.61. The van der Waals surface area contributed by atoms with Crippen LogP contribution in [-0.2, 0) is 5.54 Å². The van der Waals surface area contributed by atoms with Crippen molar-refractivity contribution in [1.29, 1.82) is 0 Å². The van der Waals surface area contributed by atoms with E-state index in [4.69, 9.17) is 0 Å². The predicted octanol–water partition coefficient (Wildman–Crippen LogP) is 3.97. The fourth-order valence-electron chi connectivity index (χ4n) is 1.97. The molecule has 82 valence electrons. The minimum atomic E-state index is -0.165. The van der Waals surface area contributed by atoms with E-state index in [1.54, 1.807) is 0 Å². The molecule has 1 nitrogen and oxygen atoms in total. The van der Waals surface area contributed by atoms with Gasteiger partial charge >= 0.3 is 0 Å². The van der Waals surface area contributed by atoms with Crippen LogP contribution >= 0.6 is 0 Å². The fourth-order valence-corrected chi connectivity index (χ4v) is 1.97. The van der Waals surface area contributed by atoms with Crippen molar-refractivity contribution in [2.24, 2.45) is 4.99 Å². The third-order valence-electron chi connectivity index (χ3n) is 2.85. The normalized spacial score (nSPS) is 23.3. The van der Waals surface area contributed by atoms with E-state index in [1.165, 1.54) is 16.7 Å². The Balaban J connectivity index is 2.66. The van der Waals surface area contributed by atoms with Crippen LogP contribution in [0.3, 0.4) is 0 Å². The molecule has 1 aromatic rings. The molecular weight excluding hydrogens is 194 g/mol. The van der Waals surface area contributed by atoms with Crippen LogP contribution in [0.2, 0.25) is 0 Å². The SMILES string of the molecule is CC1=C\c2ccccc2C(C)(C)N=C/C=C\1. The molecule has 16 heavy (non-hydrogen) atoms. The van der Waals surface area contributed by atoms with Gasteiger partial charge in [-0.3, -0.25) is 4.99 Å². The molecule has 0 saturated carbocycles. The number of fused-ring (bicyclic) bond motifs is 1. The van der Waals surface area contributed by atoms with Crippen molar-refractivity contribution in [3.05, 3.63) is 53.1 Å². The van der Waals surface area contributed by atoms with Crippen molar-refractivity contribution in [1.82, 2.24) is 0 Å². The van der Waals surface area contributed by atoms with Crippen molar-refractivity contribution in [3.8, 4) is 0 Å². The zero-order valence-electron chi connectivity index (χ0n) is 10.1. The minimum Gasteiger partial charge on any atom is -0.282 e. The van der Waals surface area contributed by atoms with Crippen LogP contribution in [-0.4, -0.2) is 6.21 Å². The molecule has 1 aromatic carbocycles. The van der Waals surface area contributed by atoms with Gasteiger partial charge in [-0.25, -0.2) is 0 Å². The van der Waals surface area contributed by atoms with Gasteiger partial charge in [-0.1, -0.05) is 42.0 Å². The van der Waals surface area contributed by atoms with Crippen LogP contribution in [0.15, 0.2) is 47.0 Å². The molecule has 0 spiro atoms. The summed E-state index contributed by atoms with van der Waals surface area (Å²) < 4.78 is 0. The fraction of sp³-hybridized carbons (Fsp3) is 0.267. The molecule has 0 unspecified atom stereocenters. The lowest BCUT2D eigenvalue weighted by Crippen LogP contribution is -2.15. The maximum absolute atomic E-state index is 4.61. The lowest BCUT2D eigenvalue weighted by molar-refractivity contribution is 0.560. The molecule has 0 N–H and O–H groups in total. The van der Waals surface area contributed by atoms with Gasteiger partial charge in [-0.15, -0.1) is 0 Å². The number of benzene rings is 1. The van der Waals surface area contributed by atoms with Crippen molar-refractivity contribution < 1.29 is 0 Å². The monoisotopic (exact) mass is 211 g/mol. The number of hydrogen-bond acceptors (Lipinski definition) is 1. The van der Waals surface area contributed by atoms with Crippen LogP contribution in [0.1, 0.15) is 31.9 Å². The summed E-state index contributed by atoms with van der Waals surface area (Å²) in [5.41, 5.74) is 3.61. The largest absolute Gasteiger partial charge is 0.282 e. The van der Waals surface area contributed by atoms with Crippen LogP contribution < -0.4 is 0 Å². The number of allylic oxidation sites excluding steroid dienone is 3. The van der Waals surface area contributed by atoms with Gasteiger partial charge in [0.1, 0.15) is 0 Å². The topological polar surface area (TPSA) is 12.4 Å². The molecule has 0 fully saturated rings. The van der Waals surface area contributed by atoms with E-state index in [2.05, 4.69) is 62.2 Å². The average molecular weight is 211 g/mol. The van der Waals surface area contributed by atoms with Crippen molar-refractivity contribution in [2.45, 2.75) is 26.3 Å². The van der Waals surface area contributed by atoms with Gasteiger partial charge < -0.3 is 0 Å². The Morgan fingerprint density at radius 3 is 2.69 bits per heavy atom. The van der Waals surface area contributed by atoms with Crippen LogP contribution in [0.4, 0.5) is 0 Å². The predicted molar refractivity (Wildman–Crippen MR) is 70.8 cm³/mol.